The molecule has 0 saturated heterocycles. The quantitative estimate of drug-likeness (QED) is 0.662. The maximum absolute atomic E-state index is 11.2. The van der Waals surface area contributed by atoms with E-state index in [4.69, 9.17) is 0 Å². The third-order valence-corrected chi connectivity index (χ3v) is 2.50. The first-order valence-electron chi connectivity index (χ1n) is 5.24. The number of aryl methyl sites for hydroxylation is 1. The summed E-state index contributed by atoms with van der Waals surface area (Å²) in [6.07, 6.45) is 1.76. The normalized spacial score (nSPS) is 10.9. The first kappa shape index (κ1) is 9.77. The van der Waals surface area contributed by atoms with Crippen LogP contribution in [0.25, 0.3) is 22.7 Å². The summed E-state index contributed by atoms with van der Waals surface area (Å²) in [6, 6.07) is 6.93. The molecule has 5 heteroatoms. The number of nitrogens with zero attached hydrogens (tertiary/aromatic N) is 2. The van der Waals surface area contributed by atoms with E-state index in [-0.39, 0.29) is 5.56 Å². The van der Waals surface area contributed by atoms with Crippen molar-refractivity contribution in [1.82, 2.24) is 19.9 Å². The molecule has 0 fully saturated rings. The zero-order valence-electron chi connectivity index (χ0n) is 9.19. The van der Waals surface area contributed by atoms with E-state index >= 15 is 0 Å². The van der Waals surface area contributed by atoms with E-state index in [9.17, 15) is 4.79 Å². The van der Waals surface area contributed by atoms with Crippen molar-refractivity contribution < 1.29 is 0 Å². The van der Waals surface area contributed by atoms with Crippen LogP contribution in [0.2, 0.25) is 0 Å². The van der Waals surface area contributed by atoms with Crippen molar-refractivity contribution in [2.75, 3.05) is 0 Å². The topological polar surface area (TPSA) is 74.4 Å². The Kier molecular flexibility index (Phi) is 2.04. The minimum absolute atomic E-state index is 0.146. The lowest BCUT2D eigenvalue weighted by atomic mass is 10.3. The summed E-state index contributed by atoms with van der Waals surface area (Å²) in [5, 5.41) is 0. The summed E-state index contributed by atoms with van der Waals surface area (Å²) in [5.41, 5.74) is 3.09. The molecule has 0 aliphatic heterocycles. The summed E-state index contributed by atoms with van der Waals surface area (Å²) in [5.74, 6) is 0.621. The van der Waals surface area contributed by atoms with E-state index in [0.717, 1.165) is 11.1 Å². The van der Waals surface area contributed by atoms with Gasteiger partial charge < -0.3 is 9.97 Å². The predicted molar refractivity (Wildman–Crippen MR) is 64.7 cm³/mol. The molecule has 0 radical (unpaired) electrons. The molecular formula is C12H10N4O. The molecule has 17 heavy (non-hydrogen) atoms. The van der Waals surface area contributed by atoms with Crippen molar-refractivity contribution >= 4 is 11.2 Å². The Bertz CT molecular complexity index is 741. The van der Waals surface area contributed by atoms with Crippen LogP contribution in [0.15, 0.2) is 35.3 Å². The van der Waals surface area contributed by atoms with Crippen molar-refractivity contribution in [2.24, 2.45) is 0 Å². The monoisotopic (exact) mass is 226 g/mol. The van der Waals surface area contributed by atoms with E-state index in [2.05, 4.69) is 19.9 Å². The molecule has 0 amide bonds. The van der Waals surface area contributed by atoms with Crippen LogP contribution in [0.5, 0.6) is 0 Å². The number of hydrogen-bond acceptors (Lipinski definition) is 3. The van der Waals surface area contributed by atoms with Gasteiger partial charge in [0.15, 0.2) is 11.5 Å². The molecule has 5 nitrogen and oxygen atoms in total. The third kappa shape index (κ3) is 1.71. The van der Waals surface area contributed by atoms with Gasteiger partial charge >= 0.3 is 0 Å². The highest BCUT2D eigenvalue weighted by Crippen LogP contribution is 2.16. The van der Waals surface area contributed by atoms with Gasteiger partial charge in [0.1, 0.15) is 0 Å². The highest BCUT2D eigenvalue weighted by atomic mass is 16.1. The molecular weight excluding hydrogens is 216 g/mol. The zero-order chi connectivity index (χ0) is 11.8. The van der Waals surface area contributed by atoms with Crippen LogP contribution >= 0.6 is 0 Å². The van der Waals surface area contributed by atoms with E-state index < -0.39 is 0 Å². The molecule has 0 aliphatic carbocycles. The van der Waals surface area contributed by atoms with Crippen molar-refractivity contribution in [2.45, 2.75) is 6.92 Å². The molecule has 3 aromatic rings. The first-order chi connectivity index (χ1) is 8.22. The zero-order valence-corrected chi connectivity index (χ0v) is 9.19. The van der Waals surface area contributed by atoms with Crippen LogP contribution in [0.3, 0.4) is 0 Å². The lowest BCUT2D eigenvalue weighted by molar-refractivity contribution is 1.19. The number of hydrogen-bond donors (Lipinski definition) is 2. The Hall–Kier alpha value is -2.43. The first-order valence-corrected chi connectivity index (χ1v) is 5.24. The number of nitrogens with one attached hydrogen (secondary N) is 2. The largest absolute Gasteiger partial charge is 0.335 e. The highest BCUT2D eigenvalue weighted by molar-refractivity contribution is 5.75. The molecule has 3 aromatic heterocycles. The average Bonchev–Trinajstić information content (AvgIpc) is 2.72. The Morgan fingerprint density at radius 1 is 1.24 bits per heavy atom. The van der Waals surface area contributed by atoms with Crippen LogP contribution < -0.4 is 5.56 Å². The fourth-order valence-electron chi connectivity index (χ4n) is 1.72. The van der Waals surface area contributed by atoms with Gasteiger partial charge in [0.25, 0.3) is 0 Å². The summed E-state index contributed by atoms with van der Waals surface area (Å²) in [4.78, 5) is 25.6. The average molecular weight is 226 g/mol. The summed E-state index contributed by atoms with van der Waals surface area (Å²) in [6.45, 7) is 1.97. The summed E-state index contributed by atoms with van der Waals surface area (Å²) >= 11 is 0. The van der Waals surface area contributed by atoms with Crippen molar-refractivity contribution in [3.05, 3.63) is 46.4 Å². The SMILES string of the molecule is Cc1cnc2nc(-c3cccc(=O)[nH]3)[nH]c2c1. The highest BCUT2D eigenvalue weighted by Gasteiger charge is 2.06. The maximum atomic E-state index is 11.2. The maximum Gasteiger partial charge on any atom is 0.248 e. The number of pyridine rings is 2. The van der Waals surface area contributed by atoms with Crippen LogP contribution in [-0.2, 0) is 0 Å². The fourth-order valence-corrected chi connectivity index (χ4v) is 1.72. The fraction of sp³-hybridized carbons (Fsp3) is 0.0833. The number of fused-ring (bicyclic) bond motifs is 1. The molecule has 84 valence electrons. The van der Waals surface area contributed by atoms with Crippen LogP contribution in [0, 0.1) is 6.92 Å². The Labute approximate surface area is 96.6 Å². The molecule has 3 rings (SSSR count). The van der Waals surface area contributed by atoms with E-state index in [1.54, 1.807) is 18.3 Å². The van der Waals surface area contributed by atoms with Gasteiger partial charge in [0, 0.05) is 12.3 Å². The lowest BCUT2D eigenvalue weighted by Gasteiger charge is -1.93. The van der Waals surface area contributed by atoms with Gasteiger partial charge in [0.05, 0.1) is 11.2 Å². The van der Waals surface area contributed by atoms with Gasteiger partial charge in [-0.25, -0.2) is 9.97 Å². The van der Waals surface area contributed by atoms with E-state index in [1.165, 1.54) is 6.07 Å². The Balaban J connectivity index is 2.21. The van der Waals surface area contributed by atoms with E-state index in [0.29, 0.717) is 17.2 Å². The number of aromatic amines is 2. The van der Waals surface area contributed by atoms with Gasteiger partial charge in [-0.3, -0.25) is 4.79 Å². The number of aromatic nitrogens is 4. The molecule has 0 atom stereocenters. The molecule has 0 aromatic carbocycles. The smallest absolute Gasteiger partial charge is 0.248 e. The van der Waals surface area contributed by atoms with Crippen molar-refractivity contribution in [3.8, 4) is 11.5 Å². The Morgan fingerprint density at radius 3 is 2.94 bits per heavy atom. The molecule has 0 saturated carbocycles. The standard InChI is InChI=1S/C12H10N4O/c1-7-5-9-11(13-6-7)16-12(15-9)8-3-2-4-10(17)14-8/h2-6H,1H3,(H,14,17)(H,13,15,16). The van der Waals surface area contributed by atoms with Gasteiger partial charge in [-0.1, -0.05) is 6.07 Å². The van der Waals surface area contributed by atoms with Crippen molar-refractivity contribution in [1.29, 1.82) is 0 Å². The lowest BCUT2D eigenvalue weighted by Crippen LogP contribution is -2.03. The number of imidazole rings is 1. The molecule has 0 bridgehead atoms. The van der Waals surface area contributed by atoms with Gasteiger partial charge in [-0.05, 0) is 24.6 Å². The molecule has 2 N–H and O–H groups in total. The second-order valence-corrected chi connectivity index (χ2v) is 3.90. The van der Waals surface area contributed by atoms with Crippen molar-refractivity contribution in [3.63, 3.8) is 0 Å². The molecule has 0 aliphatic rings. The van der Waals surface area contributed by atoms with Gasteiger partial charge in [-0.2, -0.15) is 0 Å². The third-order valence-electron chi connectivity index (χ3n) is 2.50. The second-order valence-electron chi connectivity index (χ2n) is 3.90. The Morgan fingerprint density at radius 2 is 2.12 bits per heavy atom. The van der Waals surface area contributed by atoms with Crippen LogP contribution in [0.4, 0.5) is 0 Å². The van der Waals surface area contributed by atoms with Crippen LogP contribution in [-0.4, -0.2) is 19.9 Å². The minimum atomic E-state index is -0.146. The molecule has 0 unspecified atom stereocenters. The van der Waals surface area contributed by atoms with Gasteiger partial charge in [-0.15, -0.1) is 0 Å². The minimum Gasteiger partial charge on any atom is -0.335 e. The molecule has 3 heterocycles. The van der Waals surface area contributed by atoms with Crippen LogP contribution in [0.1, 0.15) is 5.56 Å². The van der Waals surface area contributed by atoms with Gasteiger partial charge in [0.2, 0.25) is 5.56 Å². The summed E-state index contributed by atoms with van der Waals surface area (Å²) in [7, 11) is 0. The van der Waals surface area contributed by atoms with E-state index in [1.807, 2.05) is 13.0 Å². The predicted octanol–water partition coefficient (Wildman–Crippen LogP) is 1.62. The number of H-pyrrole nitrogens is 2. The second kappa shape index (κ2) is 3.55. The number of rotatable bonds is 1. The summed E-state index contributed by atoms with van der Waals surface area (Å²) < 4.78 is 0. The molecule has 0 spiro atoms.